The lowest BCUT2D eigenvalue weighted by Gasteiger charge is -2.12. The largest absolute Gasteiger partial charge is 0.380 e. The summed E-state index contributed by atoms with van der Waals surface area (Å²) in [7, 11) is 1.65. The van der Waals surface area contributed by atoms with Crippen LogP contribution in [0, 0.1) is 11.3 Å². The zero-order valence-corrected chi connectivity index (χ0v) is 9.84. The molecular formula is C12H14N4O. The Bertz CT molecular complexity index is 582. The zero-order valence-electron chi connectivity index (χ0n) is 9.84. The Morgan fingerprint density at radius 1 is 1.59 bits per heavy atom. The second kappa shape index (κ2) is 4.44. The topological polar surface area (TPSA) is 76.9 Å². The van der Waals surface area contributed by atoms with Gasteiger partial charge in [-0.2, -0.15) is 5.26 Å². The van der Waals surface area contributed by atoms with Crippen LogP contribution < -0.4 is 5.73 Å². The quantitative estimate of drug-likeness (QED) is 0.867. The summed E-state index contributed by atoms with van der Waals surface area (Å²) in [5.41, 5.74) is 7.92. The molecule has 1 unspecified atom stereocenters. The van der Waals surface area contributed by atoms with Crippen LogP contribution in [0.1, 0.15) is 12.5 Å². The summed E-state index contributed by atoms with van der Waals surface area (Å²) in [4.78, 5) is 4.23. The average Bonchev–Trinajstić information content (AvgIpc) is 2.66. The first-order chi connectivity index (χ1) is 8.17. The van der Waals surface area contributed by atoms with Gasteiger partial charge in [0.1, 0.15) is 11.6 Å². The first-order valence-electron chi connectivity index (χ1n) is 5.35. The second-order valence-corrected chi connectivity index (χ2v) is 3.91. The minimum absolute atomic E-state index is 0.0421. The first kappa shape index (κ1) is 11.4. The molecule has 0 aliphatic carbocycles. The third-order valence-corrected chi connectivity index (χ3v) is 2.77. The van der Waals surface area contributed by atoms with Gasteiger partial charge < -0.3 is 15.0 Å². The minimum Gasteiger partial charge on any atom is -0.380 e. The summed E-state index contributed by atoms with van der Waals surface area (Å²) in [6.45, 7) is 2.58. The van der Waals surface area contributed by atoms with Crippen LogP contribution in [0.3, 0.4) is 0 Å². The number of nitrogens with two attached hydrogens (primary N) is 1. The van der Waals surface area contributed by atoms with Crippen LogP contribution in [0.2, 0.25) is 0 Å². The molecule has 1 aromatic carbocycles. The number of nitriles is 1. The van der Waals surface area contributed by atoms with E-state index >= 15 is 0 Å². The standard InChI is InChI=1S/C12H14N4O/c1-8(17-2)7-16-10-5-3-4-9(6-13)11(10)15-12(16)14/h3-5,8H,7H2,1-2H3,(H2,14,15). The number of nitrogens with zero attached hydrogens (tertiary/aromatic N) is 3. The molecule has 2 N–H and O–H groups in total. The van der Waals surface area contributed by atoms with Gasteiger partial charge in [-0.1, -0.05) is 6.07 Å². The predicted octanol–water partition coefficient (Wildman–Crippen LogP) is 1.53. The lowest BCUT2D eigenvalue weighted by atomic mass is 10.2. The first-order valence-corrected chi connectivity index (χ1v) is 5.35. The molecule has 0 fully saturated rings. The van der Waals surface area contributed by atoms with Gasteiger partial charge in [-0.15, -0.1) is 0 Å². The molecule has 0 aliphatic heterocycles. The van der Waals surface area contributed by atoms with Crippen LogP contribution in [0.4, 0.5) is 5.95 Å². The van der Waals surface area contributed by atoms with Crippen molar-refractivity contribution in [2.75, 3.05) is 12.8 Å². The molecule has 0 saturated carbocycles. The number of anilines is 1. The van der Waals surface area contributed by atoms with Crippen molar-refractivity contribution in [2.24, 2.45) is 0 Å². The Balaban J connectivity index is 2.57. The van der Waals surface area contributed by atoms with Crippen LogP contribution in [0.5, 0.6) is 0 Å². The van der Waals surface area contributed by atoms with E-state index < -0.39 is 0 Å². The zero-order chi connectivity index (χ0) is 12.4. The maximum absolute atomic E-state index is 9.00. The van der Waals surface area contributed by atoms with Crippen LogP contribution in [-0.4, -0.2) is 22.8 Å². The molecule has 2 aromatic rings. The number of hydrogen-bond acceptors (Lipinski definition) is 4. The van der Waals surface area contributed by atoms with Gasteiger partial charge in [-0.3, -0.25) is 0 Å². The molecule has 0 aliphatic rings. The highest BCUT2D eigenvalue weighted by Crippen LogP contribution is 2.21. The number of para-hydroxylation sites is 1. The van der Waals surface area contributed by atoms with Gasteiger partial charge in [0.15, 0.2) is 0 Å². The van der Waals surface area contributed by atoms with Crippen LogP contribution in [0.15, 0.2) is 18.2 Å². The van der Waals surface area contributed by atoms with E-state index in [-0.39, 0.29) is 6.10 Å². The Morgan fingerprint density at radius 3 is 3.00 bits per heavy atom. The summed E-state index contributed by atoms with van der Waals surface area (Å²) in [6, 6.07) is 7.58. The maximum atomic E-state index is 9.00. The lowest BCUT2D eigenvalue weighted by molar-refractivity contribution is 0.105. The van der Waals surface area contributed by atoms with Crippen LogP contribution >= 0.6 is 0 Å². The highest BCUT2D eigenvalue weighted by atomic mass is 16.5. The number of rotatable bonds is 3. The fourth-order valence-electron chi connectivity index (χ4n) is 1.78. The molecule has 17 heavy (non-hydrogen) atoms. The highest BCUT2D eigenvalue weighted by molar-refractivity contribution is 5.83. The van der Waals surface area contributed by atoms with Crippen molar-refractivity contribution < 1.29 is 4.74 Å². The van der Waals surface area contributed by atoms with Gasteiger partial charge >= 0.3 is 0 Å². The summed E-state index contributed by atoms with van der Waals surface area (Å²) < 4.78 is 7.08. The van der Waals surface area contributed by atoms with Crippen LogP contribution in [0.25, 0.3) is 11.0 Å². The molecule has 0 amide bonds. The number of benzene rings is 1. The van der Waals surface area contributed by atoms with Gasteiger partial charge in [-0.25, -0.2) is 4.98 Å². The van der Waals surface area contributed by atoms with E-state index in [4.69, 9.17) is 15.7 Å². The molecule has 0 saturated heterocycles. The molecule has 0 bridgehead atoms. The Labute approximate surface area is 99.4 Å². The number of imidazole rings is 1. The third-order valence-electron chi connectivity index (χ3n) is 2.77. The molecule has 2 rings (SSSR count). The molecule has 0 radical (unpaired) electrons. The van der Waals surface area contributed by atoms with E-state index in [0.29, 0.717) is 23.6 Å². The van der Waals surface area contributed by atoms with Crippen molar-refractivity contribution in [1.82, 2.24) is 9.55 Å². The SMILES string of the molecule is COC(C)Cn1c(N)nc2c(C#N)cccc21. The summed E-state index contributed by atoms with van der Waals surface area (Å²) in [6.07, 6.45) is 0.0421. The molecule has 1 atom stereocenters. The fraction of sp³-hybridized carbons (Fsp3) is 0.333. The summed E-state index contributed by atoms with van der Waals surface area (Å²) in [5, 5.41) is 9.00. The normalized spacial score (nSPS) is 12.5. The van der Waals surface area contributed by atoms with E-state index in [0.717, 1.165) is 5.52 Å². The smallest absolute Gasteiger partial charge is 0.201 e. The Kier molecular flexibility index (Phi) is 2.98. The number of methoxy groups -OCH3 is 1. The number of fused-ring (bicyclic) bond motifs is 1. The molecule has 5 nitrogen and oxygen atoms in total. The molecule has 5 heteroatoms. The van der Waals surface area contributed by atoms with Crippen LogP contribution in [-0.2, 0) is 11.3 Å². The summed E-state index contributed by atoms with van der Waals surface area (Å²) >= 11 is 0. The Morgan fingerprint density at radius 2 is 2.35 bits per heavy atom. The molecule has 88 valence electrons. The maximum Gasteiger partial charge on any atom is 0.201 e. The van der Waals surface area contributed by atoms with Gasteiger partial charge in [0.05, 0.1) is 23.7 Å². The highest BCUT2D eigenvalue weighted by Gasteiger charge is 2.13. The summed E-state index contributed by atoms with van der Waals surface area (Å²) in [5.74, 6) is 0.409. The average molecular weight is 230 g/mol. The van der Waals surface area contributed by atoms with Gasteiger partial charge in [0, 0.05) is 7.11 Å². The van der Waals surface area contributed by atoms with Crippen molar-refractivity contribution >= 4 is 17.0 Å². The minimum atomic E-state index is 0.0421. The number of aromatic nitrogens is 2. The molecule has 1 aromatic heterocycles. The van der Waals surface area contributed by atoms with Gasteiger partial charge in [-0.05, 0) is 19.1 Å². The van der Waals surface area contributed by atoms with Crippen molar-refractivity contribution in [1.29, 1.82) is 5.26 Å². The van der Waals surface area contributed by atoms with Gasteiger partial charge in [0.2, 0.25) is 5.95 Å². The molecule has 1 heterocycles. The number of nitrogen functional groups attached to an aromatic ring is 1. The van der Waals surface area contributed by atoms with E-state index in [2.05, 4.69) is 11.1 Å². The number of ether oxygens (including phenoxy) is 1. The molecular weight excluding hydrogens is 216 g/mol. The van der Waals surface area contributed by atoms with E-state index in [9.17, 15) is 0 Å². The van der Waals surface area contributed by atoms with Crippen molar-refractivity contribution in [3.8, 4) is 6.07 Å². The fourth-order valence-corrected chi connectivity index (χ4v) is 1.78. The third kappa shape index (κ3) is 1.95. The van der Waals surface area contributed by atoms with Crippen molar-refractivity contribution in [3.05, 3.63) is 23.8 Å². The van der Waals surface area contributed by atoms with E-state index in [1.54, 1.807) is 13.2 Å². The number of hydrogen-bond donors (Lipinski definition) is 1. The van der Waals surface area contributed by atoms with E-state index in [1.807, 2.05) is 23.6 Å². The Hall–Kier alpha value is -2.06. The van der Waals surface area contributed by atoms with Gasteiger partial charge in [0.25, 0.3) is 0 Å². The predicted molar refractivity (Wildman–Crippen MR) is 65.3 cm³/mol. The second-order valence-electron chi connectivity index (χ2n) is 3.91. The molecule has 0 spiro atoms. The van der Waals surface area contributed by atoms with Crippen molar-refractivity contribution in [3.63, 3.8) is 0 Å². The lowest BCUT2D eigenvalue weighted by Crippen LogP contribution is -2.16. The van der Waals surface area contributed by atoms with Crippen molar-refractivity contribution in [2.45, 2.75) is 19.6 Å². The van der Waals surface area contributed by atoms with E-state index in [1.165, 1.54) is 0 Å². The monoisotopic (exact) mass is 230 g/mol.